The number of likely N-dealkylation sites (N-methyl/N-ethyl adjacent to an activating group) is 1. The highest BCUT2D eigenvalue weighted by atomic mass is 19.4. The zero-order chi connectivity index (χ0) is 21.3. The maximum atomic E-state index is 13.2. The number of aromatic nitrogens is 2. The lowest BCUT2D eigenvalue weighted by atomic mass is 10.2. The molecule has 0 aromatic carbocycles. The van der Waals surface area contributed by atoms with Crippen LogP contribution >= 0.6 is 0 Å². The molecule has 1 saturated heterocycles. The number of cyclic esters (lactones) is 1. The highest BCUT2D eigenvalue weighted by Gasteiger charge is 2.43. The lowest BCUT2D eigenvalue weighted by Gasteiger charge is -2.25. The summed E-state index contributed by atoms with van der Waals surface area (Å²) in [5.74, 6) is -0.475. The Hall–Kier alpha value is -3.17. The molecule has 3 heterocycles. The van der Waals surface area contributed by atoms with Gasteiger partial charge in [0.1, 0.15) is 18.2 Å². The number of aryl methyl sites for hydroxylation is 2. The summed E-state index contributed by atoms with van der Waals surface area (Å²) < 4.78 is 44.4. The molecule has 2 amide bonds. The van der Waals surface area contributed by atoms with Gasteiger partial charge in [-0.25, -0.2) is 19.7 Å². The molecule has 0 bridgehead atoms. The fourth-order valence-electron chi connectivity index (χ4n) is 2.98. The number of halogens is 3. The standard InChI is InChI=1S/C19H19F3N4O3/c1-4-13-6-5-7-15(24-13)25(3)17(27)14-10-29-18(28)26(14)16-9-12(19(20,21)22)8-11(2)23-16/h5-9,14H,4,10H2,1-3H3/t14-/m0/s1. The molecule has 1 aliphatic heterocycles. The third kappa shape index (κ3) is 4.15. The van der Waals surface area contributed by atoms with E-state index in [1.807, 2.05) is 13.0 Å². The van der Waals surface area contributed by atoms with Crippen LogP contribution in [0.4, 0.5) is 29.6 Å². The number of ether oxygens (including phenoxy) is 1. The minimum atomic E-state index is -4.62. The van der Waals surface area contributed by atoms with Gasteiger partial charge in [-0.1, -0.05) is 13.0 Å². The molecule has 10 heteroatoms. The molecule has 2 aromatic heterocycles. The van der Waals surface area contributed by atoms with E-state index in [1.165, 1.54) is 18.9 Å². The van der Waals surface area contributed by atoms with E-state index in [4.69, 9.17) is 4.74 Å². The molecule has 1 fully saturated rings. The van der Waals surface area contributed by atoms with Gasteiger partial charge in [-0.05, 0) is 37.6 Å². The zero-order valence-electron chi connectivity index (χ0n) is 16.0. The first-order chi connectivity index (χ1) is 13.6. The minimum absolute atomic E-state index is 0.0615. The summed E-state index contributed by atoms with van der Waals surface area (Å²) in [5.41, 5.74) is -0.129. The van der Waals surface area contributed by atoms with Crippen molar-refractivity contribution in [1.29, 1.82) is 0 Å². The quantitative estimate of drug-likeness (QED) is 0.776. The van der Waals surface area contributed by atoms with Crippen molar-refractivity contribution < 1.29 is 27.5 Å². The van der Waals surface area contributed by atoms with Gasteiger partial charge in [0.15, 0.2) is 6.04 Å². The first kappa shape index (κ1) is 20.6. The number of hydrogen-bond acceptors (Lipinski definition) is 5. The predicted molar refractivity (Wildman–Crippen MR) is 98.6 cm³/mol. The van der Waals surface area contributed by atoms with E-state index < -0.39 is 29.8 Å². The summed E-state index contributed by atoms with van der Waals surface area (Å²) in [5, 5.41) is 0. The summed E-state index contributed by atoms with van der Waals surface area (Å²) in [6.45, 7) is 3.00. The molecule has 0 spiro atoms. The van der Waals surface area contributed by atoms with E-state index in [9.17, 15) is 22.8 Å². The minimum Gasteiger partial charge on any atom is -0.446 e. The average molecular weight is 408 g/mol. The predicted octanol–water partition coefficient (Wildman–Crippen LogP) is 3.35. The van der Waals surface area contributed by atoms with Crippen molar-refractivity contribution in [2.24, 2.45) is 0 Å². The number of nitrogens with zero attached hydrogens (tertiary/aromatic N) is 4. The van der Waals surface area contributed by atoms with Gasteiger partial charge in [-0.15, -0.1) is 0 Å². The Morgan fingerprint density at radius 3 is 2.69 bits per heavy atom. The third-order valence-electron chi connectivity index (χ3n) is 4.50. The van der Waals surface area contributed by atoms with Crippen LogP contribution in [0.15, 0.2) is 30.3 Å². The van der Waals surface area contributed by atoms with Crippen molar-refractivity contribution in [3.63, 3.8) is 0 Å². The van der Waals surface area contributed by atoms with E-state index in [0.29, 0.717) is 12.2 Å². The van der Waals surface area contributed by atoms with E-state index in [0.717, 1.165) is 22.7 Å². The molecule has 7 nitrogen and oxygen atoms in total. The average Bonchev–Trinajstić information content (AvgIpc) is 3.07. The Balaban J connectivity index is 1.94. The van der Waals surface area contributed by atoms with Crippen LogP contribution < -0.4 is 9.80 Å². The summed E-state index contributed by atoms with van der Waals surface area (Å²) in [6, 6.07) is 5.63. The number of carbonyl (C=O) groups excluding carboxylic acids is 2. The normalized spacial score (nSPS) is 16.7. The smallest absolute Gasteiger partial charge is 0.416 e. The molecular formula is C19H19F3N4O3. The molecule has 1 atom stereocenters. The first-order valence-corrected chi connectivity index (χ1v) is 8.87. The monoisotopic (exact) mass is 408 g/mol. The highest BCUT2D eigenvalue weighted by molar-refractivity contribution is 6.05. The molecule has 29 heavy (non-hydrogen) atoms. The fraction of sp³-hybridized carbons (Fsp3) is 0.368. The van der Waals surface area contributed by atoms with E-state index >= 15 is 0 Å². The number of alkyl halides is 3. The number of carbonyl (C=O) groups is 2. The van der Waals surface area contributed by atoms with Crippen molar-refractivity contribution in [2.45, 2.75) is 32.5 Å². The van der Waals surface area contributed by atoms with Crippen LogP contribution in [0.3, 0.4) is 0 Å². The Bertz CT molecular complexity index is 949. The second kappa shape index (κ2) is 7.69. The number of anilines is 2. The van der Waals surface area contributed by atoms with Crippen LogP contribution in [0.25, 0.3) is 0 Å². The van der Waals surface area contributed by atoms with Gasteiger partial charge in [0.2, 0.25) is 0 Å². The Morgan fingerprint density at radius 1 is 1.31 bits per heavy atom. The van der Waals surface area contributed by atoms with Crippen LogP contribution in [0.1, 0.15) is 23.9 Å². The van der Waals surface area contributed by atoms with Crippen molar-refractivity contribution in [2.75, 3.05) is 23.5 Å². The lowest BCUT2D eigenvalue weighted by molar-refractivity contribution is -0.137. The van der Waals surface area contributed by atoms with Gasteiger partial charge in [0.05, 0.1) is 5.56 Å². The highest BCUT2D eigenvalue weighted by Crippen LogP contribution is 2.33. The zero-order valence-corrected chi connectivity index (χ0v) is 16.0. The van der Waals surface area contributed by atoms with E-state index in [-0.39, 0.29) is 18.1 Å². The van der Waals surface area contributed by atoms with Crippen LogP contribution in [-0.4, -0.2) is 41.7 Å². The molecule has 0 unspecified atom stereocenters. The number of pyridine rings is 2. The summed E-state index contributed by atoms with van der Waals surface area (Å²) in [6.07, 6.45) is -4.88. The van der Waals surface area contributed by atoms with E-state index in [1.54, 1.807) is 12.1 Å². The van der Waals surface area contributed by atoms with Gasteiger partial charge >= 0.3 is 12.3 Å². The Kier molecular flexibility index (Phi) is 5.45. The van der Waals surface area contributed by atoms with Gasteiger partial charge in [0.25, 0.3) is 5.91 Å². The molecule has 0 aliphatic carbocycles. The van der Waals surface area contributed by atoms with Gasteiger partial charge in [-0.3, -0.25) is 9.69 Å². The Morgan fingerprint density at radius 2 is 2.03 bits per heavy atom. The van der Waals surface area contributed by atoms with Gasteiger partial charge < -0.3 is 4.74 Å². The number of rotatable bonds is 4. The molecule has 0 radical (unpaired) electrons. The van der Waals surface area contributed by atoms with Crippen molar-refractivity contribution in [3.05, 3.63) is 47.3 Å². The van der Waals surface area contributed by atoms with Crippen molar-refractivity contribution in [1.82, 2.24) is 9.97 Å². The first-order valence-electron chi connectivity index (χ1n) is 8.87. The van der Waals surface area contributed by atoms with Crippen LogP contribution in [0, 0.1) is 6.92 Å². The van der Waals surface area contributed by atoms with Crippen molar-refractivity contribution >= 4 is 23.6 Å². The fourth-order valence-corrected chi connectivity index (χ4v) is 2.98. The SMILES string of the molecule is CCc1cccc(N(C)C(=O)[C@@H]2COC(=O)N2c2cc(C(F)(F)F)cc(C)n2)n1. The summed E-state index contributed by atoms with van der Waals surface area (Å²) in [7, 11) is 1.48. The molecule has 3 rings (SSSR count). The topological polar surface area (TPSA) is 75.6 Å². The number of amides is 2. The third-order valence-corrected chi connectivity index (χ3v) is 4.50. The molecule has 154 valence electrons. The van der Waals surface area contributed by atoms with Gasteiger partial charge in [0, 0.05) is 18.4 Å². The van der Waals surface area contributed by atoms with E-state index in [2.05, 4.69) is 9.97 Å². The van der Waals surface area contributed by atoms with Gasteiger partial charge in [-0.2, -0.15) is 13.2 Å². The van der Waals surface area contributed by atoms with Crippen LogP contribution in [0.5, 0.6) is 0 Å². The summed E-state index contributed by atoms with van der Waals surface area (Å²) >= 11 is 0. The molecule has 0 saturated carbocycles. The van der Waals surface area contributed by atoms with Crippen LogP contribution in [0.2, 0.25) is 0 Å². The molecule has 1 aliphatic rings. The second-order valence-corrected chi connectivity index (χ2v) is 6.55. The number of hydrogen-bond donors (Lipinski definition) is 0. The maximum absolute atomic E-state index is 13.2. The second-order valence-electron chi connectivity index (χ2n) is 6.55. The molecule has 0 N–H and O–H groups in total. The Labute approximate surface area is 165 Å². The van der Waals surface area contributed by atoms with Crippen LogP contribution in [-0.2, 0) is 22.1 Å². The largest absolute Gasteiger partial charge is 0.446 e. The maximum Gasteiger partial charge on any atom is 0.416 e. The lowest BCUT2D eigenvalue weighted by Crippen LogP contribution is -2.47. The molecular weight excluding hydrogens is 389 g/mol. The van der Waals surface area contributed by atoms with Crippen molar-refractivity contribution in [3.8, 4) is 0 Å². The summed E-state index contributed by atoms with van der Waals surface area (Å²) in [4.78, 5) is 35.7. The molecule has 2 aromatic rings.